The maximum atomic E-state index is 13.5. The van der Waals surface area contributed by atoms with E-state index >= 15 is 0 Å². The minimum absolute atomic E-state index is 0.105. The maximum absolute atomic E-state index is 13.5. The third-order valence-corrected chi connectivity index (χ3v) is 7.59. The molecule has 0 aliphatic carbocycles. The Labute approximate surface area is 249 Å². The summed E-state index contributed by atoms with van der Waals surface area (Å²) in [4.78, 5) is 31.2. The minimum Gasteiger partial charge on any atom is -0.463 e. The van der Waals surface area contributed by atoms with E-state index in [1.54, 1.807) is 39.0 Å². The number of hydrogen-bond donors (Lipinski definition) is 1. The Morgan fingerprint density at radius 1 is 0.952 bits per heavy atom. The number of ether oxygens (including phenoxy) is 3. The Hall–Kier alpha value is -3.63. The van der Waals surface area contributed by atoms with Gasteiger partial charge in [-0.15, -0.1) is 0 Å². The van der Waals surface area contributed by atoms with Crippen molar-refractivity contribution in [3.05, 3.63) is 81.7 Å². The summed E-state index contributed by atoms with van der Waals surface area (Å²) in [5.74, 6) is -2.45. The fourth-order valence-corrected chi connectivity index (χ4v) is 5.52. The van der Waals surface area contributed by atoms with E-state index in [1.807, 2.05) is 24.3 Å². The van der Waals surface area contributed by atoms with E-state index < -0.39 is 24.5 Å². The van der Waals surface area contributed by atoms with Gasteiger partial charge in [-0.3, -0.25) is 4.90 Å². The fraction of sp³-hybridized carbons (Fsp3) is 0.419. The van der Waals surface area contributed by atoms with Crippen molar-refractivity contribution in [1.82, 2.24) is 10.2 Å². The Morgan fingerprint density at radius 2 is 1.57 bits per heavy atom. The number of piperazine rings is 1. The number of esters is 2. The van der Waals surface area contributed by atoms with E-state index in [0.717, 1.165) is 38.4 Å². The van der Waals surface area contributed by atoms with Crippen molar-refractivity contribution in [2.45, 2.75) is 39.7 Å². The molecule has 4 rings (SSSR count). The van der Waals surface area contributed by atoms with Gasteiger partial charge >= 0.3 is 18.6 Å². The monoisotopic (exact) mass is 603 g/mol. The van der Waals surface area contributed by atoms with Crippen LogP contribution in [0.1, 0.15) is 38.7 Å². The number of halogens is 3. The molecule has 0 radical (unpaired) electrons. The molecule has 1 saturated heterocycles. The van der Waals surface area contributed by atoms with Crippen LogP contribution in [0.25, 0.3) is 0 Å². The van der Waals surface area contributed by atoms with Crippen molar-refractivity contribution in [3.8, 4) is 5.75 Å². The summed E-state index contributed by atoms with van der Waals surface area (Å²) >= 11 is 6.00. The molecular weight excluding hydrogens is 568 g/mol. The summed E-state index contributed by atoms with van der Waals surface area (Å²) in [6, 6.07) is 13.9. The van der Waals surface area contributed by atoms with Crippen LogP contribution in [0.2, 0.25) is 5.02 Å². The van der Waals surface area contributed by atoms with E-state index in [4.69, 9.17) is 25.8 Å². The molecule has 226 valence electrons. The molecule has 2 aliphatic rings. The Bertz CT molecular complexity index is 1320. The van der Waals surface area contributed by atoms with Gasteiger partial charge in [0.15, 0.2) is 0 Å². The number of allylic oxidation sites excluding steroid dienone is 2. The van der Waals surface area contributed by atoms with Crippen molar-refractivity contribution < 1.29 is 32.6 Å². The molecule has 2 aliphatic heterocycles. The van der Waals surface area contributed by atoms with Crippen LogP contribution < -0.4 is 15.0 Å². The topological polar surface area (TPSA) is 80.3 Å². The summed E-state index contributed by atoms with van der Waals surface area (Å²) in [5, 5.41) is 3.78. The summed E-state index contributed by atoms with van der Waals surface area (Å²) in [6.45, 7) is 6.46. The van der Waals surface area contributed by atoms with Crippen molar-refractivity contribution in [2.75, 3.05) is 50.8 Å². The van der Waals surface area contributed by atoms with Crippen LogP contribution in [0.3, 0.4) is 0 Å². The van der Waals surface area contributed by atoms with Gasteiger partial charge in [0.05, 0.1) is 30.3 Å². The second kappa shape index (κ2) is 14.5. The number of para-hydroxylation sites is 1. The van der Waals surface area contributed by atoms with E-state index in [2.05, 4.69) is 15.1 Å². The lowest BCUT2D eigenvalue weighted by Crippen LogP contribution is -2.46. The number of alkyl halides is 2. The molecule has 2 aromatic carbocycles. The lowest BCUT2D eigenvalue weighted by molar-refractivity contribution is -0.140. The molecule has 42 heavy (non-hydrogen) atoms. The standard InChI is InChI=1S/C31H36ClF2N3O5/c1-4-40-29(38)26-20(2)35-21(3)27(28(26)24-8-5-6-9-25(24)42-31(33)34)30(39)41-19-7-14-36-15-17-37(18-16-36)23-12-10-22(32)11-13-23/h5-6,8-13,28,31,35H,4,7,14-19H2,1-3H3. The first-order chi connectivity index (χ1) is 20.2. The van der Waals surface area contributed by atoms with E-state index in [0.29, 0.717) is 22.8 Å². The highest BCUT2D eigenvalue weighted by Crippen LogP contribution is 2.43. The lowest BCUT2D eigenvalue weighted by Gasteiger charge is -2.36. The summed E-state index contributed by atoms with van der Waals surface area (Å²) in [5.41, 5.74) is 2.58. The van der Waals surface area contributed by atoms with Gasteiger partial charge in [-0.25, -0.2) is 9.59 Å². The number of hydrogen-bond acceptors (Lipinski definition) is 8. The summed E-state index contributed by atoms with van der Waals surface area (Å²) in [7, 11) is 0. The number of anilines is 1. The molecule has 1 unspecified atom stereocenters. The molecule has 8 nitrogen and oxygen atoms in total. The number of nitrogens with one attached hydrogen (secondary N) is 1. The predicted octanol–water partition coefficient (Wildman–Crippen LogP) is 5.49. The molecule has 0 bridgehead atoms. The first kappa shape index (κ1) is 31.3. The number of benzene rings is 2. The van der Waals surface area contributed by atoms with Crippen LogP contribution in [0.15, 0.2) is 71.1 Å². The smallest absolute Gasteiger partial charge is 0.387 e. The molecule has 2 aromatic rings. The second-order valence-corrected chi connectivity index (χ2v) is 10.5. The quantitative estimate of drug-likeness (QED) is 0.267. The first-order valence-electron chi connectivity index (χ1n) is 14.0. The number of carbonyl (C=O) groups is 2. The van der Waals surface area contributed by atoms with Crippen LogP contribution in [0, 0.1) is 0 Å². The van der Waals surface area contributed by atoms with Gasteiger partial charge in [0.25, 0.3) is 0 Å². The molecule has 1 atom stereocenters. The minimum atomic E-state index is -3.09. The van der Waals surface area contributed by atoms with Crippen molar-refractivity contribution in [1.29, 1.82) is 0 Å². The van der Waals surface area contributed by atoms with Crippen LogP contribution in [-0.2, 0) is 19.1 Å². The predicted molar refractivity (Wildman–Crippen MR) is 157 cm³/mol. The van der Waals surface area contributed by atoms with Crippen LogP contribution in [-0.4, -0.2) is 69.4 Å². The van der Waals surface area contributed by atoms with Gasteiger partial charge in [-0.05, 0) is 57.5 Å². The lowest BCUT2D eigenvalue weighted by atomic mass is 9.80. The average Bonchev–Trinajstić information content (AvgIpc) is 2.96. The molecule has 1 N–H and O–H groups in total. The van der Waals surface area contributed by atoms with Gasteiger partial charge in [0, 0.05) is 60.4 Å². The third-order valence-electron chi connectivity index (χ3n) is 7.34. The van der Waals surface area contributed by atoms with Gasteiger partial charge in [0.1, 0.15) is 5.75 Å². The molecule has 0 spiro atoms. The number of dihydropyridines is 1. The van der Waals surface area contributed by atoms with Gasteiger partial charge in [-0.2, -0.15) is 8.78 Å². The fourth-order valence-electron chi connectivity index (χ4n) is 5.39. The average molecular weight is 604 g/mol. The molecule has 1 fully saturated rings. The Morgan fingerprint density at radius 3 is 2.19 bits per heavy atom. The van der Waals surface area contributed by atoms with Crippen molar-refractivity contribution >= 4 is 29.2 Å². The Balaban J connectivity index is 1.43. The number of carbonyl (C=O) groups excluding carboxylic acids is 2. The van der Waals surface area contributed by atoms with Gasteiger partial charge in [0.2, 0.25) is 0 Å². The zero-order chi connectivity index (χ0) is 30.2. The molecule has 2 heterocycles. The maximum Gasteiger partial charge on any atom is 0.387 e. The van der Waals surface area contributed by atoms with Crippen LogP contribution in [0.5, 0.6) is 5.75 Å². The van der Waals surface area contributed by atoms with Gasteiger partial charge in [-0.1, -0.05) is 29.8 Å². The van der Waals surface area contributed by atoms with Gasteiger partial charge < -0.3 is 24.4 Å². The first-order valence-corrected chi connectivity index (χ1v) is 14.4. The largest absolute Gasteiger partial charge is 0.463 e. The third kappa shape index (κ3) is 7.60. The summed E-state index contributed by atoms with van der Waals surface area (Å²) in [6.07, 6.45) is 0.613. The van der Waals surface area contributed by atoms with E-state index in [1.165, 1.54) is 6.07 Å². The Kier molecular flexibility index (Phi) is 10.8. The second-order valence-electron chi connectivity index (χ2n) is 10.1. The molecular formula is C31H36ClF2N3O5. The van der Waals surface area contributed by atoms with E-state index in [9.17, 15) is 18.4 Å². The normalized spacial score (nSPS) is 17.8. The highest BCUT2D eigenvalue weighted by Gasteiger charge is 2.39. The molecule has 0 saturated carbocycles. The number of rotatable bonds is 11. The highest BCUT2D eigenvalue weighted by molar-refractivity contribution is 6.30. The zero-order valence-corrected chi connectivity index (χ0v) is 24.8. The molecule has 0 aromatic heterocycles. The number of nitrogens with zero attached hydrogens (tertiary/aromatic N) is 2. The zero-order valence-electron chi connectivity index (χ0n) is 24.0. The highest BCUT2D eigenvalue weighted by atomic mass is 35.5. The molecule has 0 amide bonds. The van der Waals surface area contributed by atoms with Crippen molar-refractivity contribution in [3.63, 3.8) is 0 Å². The molecule has 11 heteroatoms. The van der Waals surface area contributed by atoms with Crippen LogP contribution >= 0.6 is 11.6 Å². The van der Waals surface area contributed by atoms with E-state index in [-0.39, 0.29) is 35.7 Å². The summed E-state index contributed by atoms with van der Waals surface area (Å²) < 4.78 is 42.3. The van der Waals surface area contributed by atoms with Crippen molar-refractivity contribution in [2.24, 2.45) is 0 Å². The SMILES string of the molecule is CCOC(=O)C1=C(C)NC(C)=C(C(=O)OCCCN2CCN(c3ccc(Cl)cc3)CC2)C1c1ccccc1OC(F)F. The van der Waals surface area contributed by atoms with Crippen LogP contribution in [0.4, 0.5) is 14.5 Å².